The smallest absolute Gasteiger partial charge is 0.253 e. The summed E-state index contributed by atoms with van der Waals surface area (Å²) in [4.78, 5) is 13.3. The van der Waals surface area contributed by atoms with Crippen LogP contribution in [-0.4, -0.2) is 43.5 Å². The monoisotopic (exact) mass is 263 g/mol. The van der Waals surface area contributed by atoms with E-state index in [4.69, 9.17) is 0 Å². The number of rotatable bonds is 5. The summed E-state index contributed by atoms with van der Waals surface area (Å²) in [6, 6.07) is 7.57. The molecule has 0 aliphatic rings. The van der Waals surface area contributed by atoms with Crippen molar-refractivity contribution >= 4 is 11.6 Å². The van der Waals surface area contributed by atoms with Crippen LogP contribution < -0.4 is 10.6 Å². The molecule has 1 amide bonds. The lowest BCUT2D eigenvalue weighted by Crippen LogP contribution is -2.38. The highest BCUT2D eigenvalue weighted by molar-refractivity contribution is 5.94. The van der Waals surface area contributed by atoms with E-state index in [2.05, 4.69) is 31.4 Å². The first-order valence-electron chi connectivity index (χ1n) is 6.60. The van der Waals surface area contributed by atoms with Crippen molar-refractivity contribution in [3.63, 3.8) is 0 Å². The highest BCUT2D eigenvalue weighted by Crippen LogP contribution is 2.10. The van der Waals surface area contributed by atoms with E-state index in [1.165, 1.54) is 0 Å². The Morgan fingerprint density at radius 3 is 2.16 bits per heavy atom. The van der Waals surface area contributed by atoms with E-state index in [0.717, 1.165) is 18.8 Å². The SMILES string of the molecule is CN(C)C(=O)c1ccc(NCCNC(C)(C)C)cc1. The molecule has 0 aliphatic heterocycles. The Labute approximate surface area is 116 Å². The highest BCUT2D eigenvalue weighted by Gasteiger charge is 2.08. The lowest BCUT2D eigenvalue weighted by molar-refractivity contribution is 0.0827. The molecule has 0 atom stereocenters. The maximum Gasteiger partial charge on any atom is 0.253 e. The van der Waals surface area contributed by atoms with Crippen LogP contribution in [0, 0.1) is 0 Å². The number of nitrogens with one attached hydrogen (secondary N) is 2. The van der Waals surface area contributed by atoms with Gasteiger partial charge in [0.25, 0.3) is 5.91 Å². The van der Waals surface area contributed by atoms with Crippen LogP contribution in [0.15, 0.2) is 24.3 Å². The number of benzene rings is 1. The maximum absolute atomic E-state index is 11.7. The fourth-order valence-corrected chi connectivity index (χ4v) is 1.63. The molecule has 1 aromatic rings. The normalized spacial score (nSPS) is 11.2. The standard InChI is InChI=1S/C15H25N3O/c1-15(2,3)17-11-10-16-13-8-6-12(7-9-13)14(19)18(4)5/h6-9,16-17H,10-11H2,1-5H3. The number of anilines is 1. The summed E-state index contributed by atoms with van der Waals surface area (Å²) < 4.78 is 0. The van der Waals surface area contributed by atoms with Crippen LogP contribution in [0.5, 0.6) is 0 Å². The van der Waals surface area contributed by atoms with Crippen molar-refractivity contribution in [3.8, 4) is 0 Å². The molecule has 0 heterocycles. The molecule has 0 aliphatic carbocycles. The number of nitrogens with zero attached hydrogens (tertiary/aromatic N) is 1. The first-order valence-corrected chi connectivity index (χ1v) is 6.60. The van der Waals surface area contributed by atoms with Crippen molar-refractivity contribution in [1.29, 1.82) is 0 Å². The zero-order valence-corrected chi connectivity index (χ0v) is 12.6. The van der Waals surface area contributed by atoms with Crippen LogP contribution >= 0.6 is 0 Å². The lowest BCUT2D eigenvalue weighted by Gasteiger charge is -2.20. The summed E-state index contributed by atoms with van der Waals surface area (Å²) in [6.45, 7) is 8.21. The van der Waals surface area contributed by atoms with Crippen molar-refractivity contribution < 1.29 is 4.79 Å². The second-order valence-electron chi connectivity index (χ2n) is 5.88. The van der Waals surface area contributed by atoms with Gasteiger partial charge in [0, 0.05) is 44.0 Å². The van der Waals surface area contributed by atoms with E-state index in [1.54, 1.807) is 19.0 Å². The Balaban J connectivity index is 2.43. The van der Waals surface area contributed by atoms with Crippen molar-refractivity contribution in [1.82, 2.24) is 10.2 Å². The van der Waals surface area contributed by atoms with Gasteiger partial charge in [-0.05, 0) is 45.0 Å². The van der Waals surface area contributed by atoms with E-state index in [0.29, 0.717) is 5.56 Å². The van der Waals surface area contributed by atoms with Gasteiger partial charge in [0.15, 0.2) is 0 Å². The van der Waals surface area contributed by atoms with Crippen molar-refractivity contribution in [2.75, 3.05) is 32.5 Å². The maximum atomic E-state index is 11.7. The van der Waals surface area contributed by atoms with Gasteiger partial charge in [-0.25, -0.2) is 0 Å². The Kier molecular flexibility index (Phi) is 5.36. The van der Waals surface area contributed by atoms with E-state index < -0.39 is 0 Å². The molecule has 0 spiro atoms. The zero-order valence-electron chi connectivity index (χ0n) is 12.6. The molecule has 4 nitrogen and oxygen atoms in total. The minimum Gasteiger partial charge on any atom is -0.384 e. The fourth-order valence-electron chi connectivity index (χ4n) is 1.63. The molecule has 0 fully saturated rings. The average Bonchev–Trinajstić information content (AvgIpc) is 2.33. The third-order valence-corrected chi connectivity index (χ3v) is 2.65. The van der Waals surface area contributed by atoms with Gasteiger partial charge in [0.2, 0.25) is 0 Å². The third-order valence-electron chi connectivity index (χ3n) is 2.65. The largest absolute Gasteiger partial charge is 0.384 e. The lowest BCUT2D eigenvalue weighted by atomic mass is 10.1. The molecule has 4 heteroatoms. The summed E-state index contributed by atoms with van der Waals surface area (Å²) in [5, 5.41) is 6.74. The second-order valence-corrected chi connectivity index (χ2v) is 5.88. The summed E-state index contributed by atoms with van der Waals surface area (Å²) >= 11 is 0. The third kappa shape index (κ3) is 5.75. The van der Waals surface area contributed by atoms with Crippen LogP contribution in [0.2, 0.25) is 0 Å². The first kappa shape index (κ1) is 15.5. The topological polar surface area (TPSA) is 44.4 Å². The Bertz CT molecular complexity index is 404. The second kappa shape index (κ2) is 6.57. The molecule has 1 aromatic carbocycles. The predicted molar refractivity (Wildman–Crippen MR) is 80.7 cm³/mol. The highest BCUT2D eigenvalue weighted by atomic mass is 16.2. The van der Waals surface area contributed by atoms with Crippen molar-refractivity contribution in [3.05, 3.63) is 29.8 Å². The van der Waals surface area contributed by atoms with Crippen LogP contribution in [-0.2, 0) is 0 Å². The van der Waals surface area contributed by atoms with Gasteiger partial charge in [0.1, 0.15) is 0 Å². The van der Waals surface area contributed by atoms with Gasteiger partial charge in [-0.3, -0.25) is 4.79 Å². The molecule has 1 rings (SSSR count). The van der Waals surface area contributed by atoms with Gasteiger partial charge in [-0.1, -0.05) is 0 Å². The summed E-state index contributed by atoms with van der Waals surface area (Å²) in [7, 11) is 3.51. The Morgan fingerprint density at radius 1 is 1.11 bits per heavy atom. The van der Waals surface area contributed by atoms with Gasteiger partial charge < -0.3 is 15.5 Å². The average molecular weight is 263 g/mol. The van der Waals surface area contributed by atoms with Gasteiger partial charge in [0.05, 0.1) is 0 Å². The molecule has 0 aromatic heterocycles. The number of amides is 1. The summed E-state index contributed by atoms with van der Waals surface area (Å²) in [5.74, 6) is 0.0287. The Hall–Kier alpha value is -1.55. The van der Waals surface area contributed by atoms with Crippen LogP contribution in [0.25, 0.3) is 0 Å². The minimum atomic E-state index is 0.0287. The Morgan fingerprint density at radius 2 is 1.68 bits per heavy atom. The van der Waals surface area contributed by atoms with Crippen molar-refractivity contribution in [2.24, 2.45) is 0 Å². The quantitative estimate of drug-likeness (QED) is 0.800. The zero-order chi connectivity index (χ0) is 14.5. The van der Waals surface area contributed by atoms with E-state index in [1.807, 2.05) is 24.3 Å². The predicted octanol–water partition coefficient (Wildman–Crippen LogP) is 2.19. The first-order chi connectivity index (χ1) is 8.79. The molecular weight excluding hydrogens is 238 g/mol. The van der Waals surface area contributed by atoms with Gasteiger partial charge in [-0.2, -0.15) is 0 Å². The molecule has 19 heavy (non-hydrogen) atoms. The van der Waals surface area contributed by atoms with Crippen LogP contribution in [0.1, 0.15) is 31.1 Å². The fraction of sp³-hybridized carbons (Fsp3) is 0.533. The molecule has 0 unspecified atom stereocenters. The van der Waals surface area contributed by atoms with Crippen LogP contribution in [0.3, 0.4) is 0 Å². The molecule has 0 saturated heterocycles. The summed E-state index contributed by atoms with van der Waals surface area (Å²) in [6.07, 6.45) is 0. The number of carbonyl (C=O) groups is 1. The van der Waals surface area contributed by atoms with Crippen molar-refractivity contribution in [2.45, 2.75) is 26.3 Å². The van der Waals surface area contributed by atoms with E-state index in [9.17, 15) is 4.79 Å². The molecular formula is C15H25N3O. The van der Waals surface area contributed by atoms with E-state index >= 15 is 0 Å². The molecule has 2 N–H and O–H groups in total. The number of carbonyl (C=O) groups excluding carboxylic acids is 1. The molecule has 0 bridgehead atoms. The molecule has 0 radical (unpaired) electrons. The molecule has 0 saturated carbocycles. The minimum absolute atomic E-state index is 0.0287. The summed E-state index contributed by atoms with van der Waals surface area (Å²) in [5.41, 5.74) is 1.89. The van der Waals surface area contributed by atoms with Gasteiger partial charge >= 0.3 is 0 Å². The number of hydrogen-bond acceptors (Lipinski definition) is 3. The number of hydrogen-bond donors (Lipinski definition) is 2. The van der Waals surface area contributed by atoms with Gasteiger partial charge in [-0.15, -0.1) is 0 Å². The van der Waals surface area contributed by atoms with Crippen LogP contribution in [0.4, 0.5) is 5.69 Å². The molecule has 106 valence electrons. The van der Waals surface area contributed by atoms with E-state index in [-0.39, 0.29) is 11.4 Å².